The number of likely N-dealkylation sites (N-methyl/N-ethyl adjacent to an activating group) is 1. The van der Waals surface area contributed by atoms with Crippen LogP contribution in [-0.4, -0.2) is 45.0 Å². The minimum Gasteiger partial charge on any atom is -0.344 e. The second-order valence-electron chi connectivity index (χ2n) is 6.42. The molecule has 0 radical (unpaired) electrons. The first-order valence-electron chi connectivity index (χ1n) is 8.62. The molecule has 0 saturated carbocycles. The molecule has 0 fully saturated rings. The van der Waals surface area contributed by atoms with Crippen molar-refractivity contribution in [1.82, 2.24) is 9.62 Å². The first kappa shape index (κ1) is 22.8. The normalized spacial score (nSPS) is 13.1. The summed E-state index contributed by atoms with van der Waals surface area (Å²) in [4.78, 5) is 12.9. The Kier molecular flexibility index (Phi) is 7.37. The number of halogens is 4. The van der Waals surface area contributed by atoms with Crippen LogP contribution in [0.15, 0.2) is 59.5 Å². The molecule has 0 aromatic heterocycles. The molecule has 1 N–H and O–H groups in total. The number of nitrogens with one attached hydrogen (secondary N) is 1. The topological polar surface area (TPSA) is 66.5 Å². The van der Waals surface area contributed by atoms with Crippen LogP contribution >= 0.6 is 0 Å². The minimum atomic E-state index is -4.46. The maximum absolute atomic E-state index is 13.9. The summed E-state index contributed by atoms with van der Waals surface area (Å²) in [5.41, 5.74) is 0.589. The summed E-state index contributed by atoms with van der Waals surface area (Å²) in [5, 5.41) is 0. The van der Waals surface area contributed by atoms with Crippen LogP contribution in [0.25, 0.3) is 0 Å². The van der Waals surface area contributed by atoms with E-state index in [0.717, 1.165) is 24.1 Å². The van der Waals surface area contributed by atoms with Gasteiger partial charge in [-0.05, 0) is 24.1 Å². The van der Waals surface area contributed by atoms with Crippen LogP contribution in [0.5, 0.6) is 0 Å². The van der Waals surface area contributed by atoms with Crippen LogP contribution in [0, 0.1) is 5.82 Å². The molecule has 10 heteroatoms. The summed E-state index contributed by atoms with van der Waals surface area (Å²) in [6.45, 7) is -0.630. The largest absolute Gasteiger partial charge is 0.390 e. The van der Waals surface area contributed by atoms with Gasteiger partial charge in [0.1, 0.15) is 16.8 Å². The van der Waals surface area contributed by atoms with E-state index in [1.54, 1.807) is 30.3 Å². The quantitative estimate of drug-likeness (QED) is 0.652. The molecule has 158 valence electrons. The lowest BCUT2D eigenvalue weighted by Gasteiger charge is -2.25. The van der Waals surface area contributed by atoms with Gasteiger partial charge < -0.3 is 4.90 Å². The molecule has 29 heavy (non-hydrogen) atoms. The Labute approximate surface area is 166 Å². The Hall–Kier alpha value is -2.46. The summed E-state index contributed by atoms with van der Waals surface area (Å²) in [7, 11) is -3.27. The summed E-state index contributed by atoms with van der Waals surface area (Å²) in [5.74, 6) is -1.85. The first-order chi connectivity index (χ1) is 13.5. The lowest BCUT2D eigenvalue weighted by atomic mass is 10.1. The zero-order valence-corrected chi connectivity index (χ0v) is 16.3. The zero-order valence-electron chi connectivity index (χ0n) is 15.5. The van der Waals surface area contributed by atoms with Gasteiger partial charge in [0.25, 0.3) is 0 Å². The SMILES string of the molecule is CN(CCC(F)(F)F)C(=O)[C@H](Cc1ccccc1)NS(=O)(=O)c1ccccc1F. The van der Waals surface area contributed by atoms with Crippen molar-refractivity contribution in [1.29, 1.82) is 0 Å². The van der Waals surface area contributed by atoms with Crippen molar-refractivity contribution in [3.8, 4) is 0 Å². The van der Waals surface area contributed by atoms with Crippen LogP contribution in [0.4, 0.5) is 17.6 Å². The minimum absolute atomic E-state index is 0.107. The van der Waals surface area contributed by atoms with E-state index in [-0.39, 0.29) is 6.42 Å². The molecule has 0 unspecified atom stereocenters. The van der Waals surface area contributed by atoms with Gasteiger partial charge in [-0.15, -0.1) is 0 Å². The number of amides is 1. The van der Waals surface area contributed by atoms with E-state index < -0.39 is 51.8 Å². The molecule has 0 aliphatic carbocycles. The van der Waals surface area contributed by atoms with Gasteiger partial charge in [-0.25, -0.2) is 12.8 Å². The van der Waals surface area contributed by atoms with Crippen molar-refractivity contribution >= 4 is 15.9 Å². The summed E-state index contributed by atoms with van der Waals surface area (Å²) < 4.78 is 78.7. The van der Waals surface area contributed by atoms with E-state index in [4.69, 9.17) is 0 Å². The smallest absolute Gasteiger partial charge is 0.344 e. The molecular weight excluding hydrogens is 412 g/mol. The van der Waals surface area contributed by atoms with E-state index in [2.05, 4.69) is 4.72 Å². The maximum atomic E-state index is 13.9. The molecule has 0 aliphatic rings. The molecule has 0 heterocycles. The average Bonchev–Trinajstić information content (AvgIpc) is 2.65. The molecule has 0 aliphatic heterocycles. The third kappa shape index (κ3) is 6.82. The molecule has 2 aromatic rings. The first-order valence-corrected chi connectivity index (χ1v) is 10.1. The van der Waals surface area contributed by atoms with Crippen LogP contribution in [0.1, 0.15) is 12.0 Å². The number of sulfonamides is 1. The molecular formula is C19H20F4N2O3S. The Morgan fingerprint density at radius 1 is 1.07 bits per heavy atom. The predicted molar refractivity (Wildman–Crippen MR) is 99.0 cm³/mol. The van der Waals surface area contributed by atoms with E-state index in [1.807, 2.05) is 0 Å². The molecule has 0 spiro atoms. The van der Waals surface area contributed by atoms with Gasteiger partial charge in [0, 0.05) is 13.6 Å². The molecule has 2 rings (SSSR count). The van der Waals surface area contributed by atoms with E-state index in [9.17, 15) is 30.8 Å². The monoisotopic (exact) mass is 432 g/mol. The van der Waals surface area contributed by atoms with E-state index in [0.29, 0.717) is 5.56 Å². The van der Waals surface area contributed by atoms with Gasteiger partial charge in [-0.3, -0.25) is 4.79 Å². The standard InChI is InChI=1S/C19H20F4N2O3S/c1-25(12-11-19(21,22)23)18(26)16(13-14-7-3-2-4-8-14)24-29(27,28)17-10-6-5-9-15(17)20/h2-10,16,24H,11-13H2,1H3/t16-/m0/s1. The molecule has 1 atom stereocenters. The third-order valence-corrected chi connectivity index (χ3v) is 5.62. The Morgan fingerprint density at radius 2 is 1.66 bits per heavy atom. The fourth-order valence-corrected chi connectivity index (χ4v) is 3.88. The number of benzene rings is 2. The van der Waals surface area contributed by atoms with Crippen LogP contribution in [0.3, 0.4) is 0 Å². The number of alkyl halides is 3. The number of carbonyl (C=O) groups excluding carboxylic acids is 1. The number of rotatable bonds is 8. The van der Waals surface area contributed by atoms with E-state index in [1.165, 1.54) is 12.1 Å². The fourth-order valence-electron chi connectivity index (χ4n) is 2.61. The Bertz CT molecular complexity index is 934. The van der Waals surface area contributed by atoms with Gasteiger partial charge >= 0.3 is 6.18 Å². The summed E-state index contributed by atoms with van der Waals surface area (Å²) >= 11 is 0. The lowest BCUT2D eigenvalue weighted by molar-refractivity contribution is -0.144. The van der Waals surface area contributed by atoms with Crippen LogP contribution in [0.2, 0.25) is 0 Å². The van der Waals surface area contributed by atoms with Crippen molar-refractivity contribution in [2.24, 2.45) is 0 Å². The van der Waals surface area contributed by atoms with E-state index >= 15 is 0 Å². The molecule has 0 saturated heterocycles. The Morgan fingerprint density at radius 3 is 2.24 bits per heavy atom. The predicted octanol–water partition coefficient (Wildman–Crippen LogP) is 3.13. The van der Waals surface area contributed by atoms with Gasteiger partial charge in [-0.2, -0.15) is 17.9 Å². The second kappa shape index (κ2) is 9.36. The third-order valence-electron chi connectivity index (χ3n) is 4.11. The van der Waals surface area contributed by atoms with Crippen molar-refractivity contribution in [2.45, 2.75) is 30.0 Å². The fraction of sp³-hybridized carbons (Fsp3) is 0.316. The van der Waals surface area contributed by atoms with Crippen molar-refractivity contribution in [3.05, 3.63) is 66.0 Å². The molecule has 5 nitrogen and oxygen atoms in total. The molecule has 2 aromatic carbocycles. The van der Waals surface area contributed by atoms with Crippen molar-refractivity contribution in [3.63, 3.8) is 0 Å². The maximum Gasteiger partial charge on any atom is 0.390 e. The van der Waals surface area contributed by atoms with Crippen LogP contribution in [-0.2, 0) is 21.2 Å². The number of carbonyl (C=O) groups is 1. The van der Waals surface area contributed by atoms with Crippen molar-refractivity contribution in [2.75, 3.05) is 13.6 Å². The summed E-state index contributed by atoms with van der Waals surface area (Å²) in [6, 6.07) is 11.6. The highest BCUT2D eigenvalue weighted by atomic mass is 32.2. The van der Waals surface area contributed by atoms with Gasteiger partial charge in [0.15, 0.2) is 0 Å². The number of nitrogens with zero attached hydrogens (tertiary/aromatic N) is 1. The van der Waals surface area contributed by atoms with Gasteiger partial charge in [0.05, 0.1) is 6.42 Å². The second-order valence-corrected chi connectivity index (χ2v) is 8.10. The summed E-state index contributed by atoms with van der Waals surface area (Å²) in [6.07, 6.45) is -5.80. The van der Waals surface area contributed by atoms with Crippen molar-refractivity contribution < 1.29 is 30.8 Å². The van der Waals surface area contributed by atoms with Gasteiger partial charge in [0.2, 0.25) is 15.9 Å². The highest BCUT2D eigenvalue weighted by Crippen LogP contribution is 2.20. The van der Waals surface area contributed by atoms with Gasteiger partial charge in [-0.1, -0.05) is 42.5 Å². The molecule has 1 amide bonds. The highest BCUT2D eigenvalue weighted by molar-refractivity contribution is 7.89. The highest BCUT2D eigenvalue weighted by Gasteiger charge is 2.32. The number of hydrogen-bond acceptors (Lipinski definition) is 3. The zero-order chi connectivity index (χ0) is 21.7. The van der Waals surface area contributed by atoms with Crippen LogP contribution < -0.4 is 4.72 Å². The molecule has 0 bridgehead atoms. The lowest BCUT2D eigenvalue weighted by Crippen LogP contribution is -2.49. The Balaban J connectivity index is 2.27. The number of hydrogen-bond donors (Lipinski definition) is 1. The average molecular weight is 432 g/mol.